The van der Waals surface area contributed by atoms with E-state index in [-0.39, 0.29) is 17.6 Å². The molecule has 1 aromatic rings. The second-order valence-electron chi connectivity index (χ2n) is 3.51. The molecule has 1 aromatic carbocycles. The minimum absolute atomic E-state index is 0.0928. The zero-order chi connectivity index (χ0) is 13.5. The minimum atomic E-state index is -4.33. The molecule has 1 aliphatic rings. The molecule has 0 aromatic heterocycles. The van der Waals surface area contributed by atoms with Crippen LogP contribution in [0.4, 0.5) is 13.6 Å². The molecule has 1 N–H and O–H groups in total. The van der Waals surface area contributed by atoms with Gasteiger partial charge < -0.3 is 5.32 Å². The maximum atomic E-state index is 13.6. The molecule has 2 rings (SSSR count). The van der Waals surface area contributed by atoms with Gasteiger partial charge in [0.15, 0.2) is 0 Å². The summed E-state index contributed by atoms with van der Waals surface area (Å²) < 4.78 is 50.9. The molecular weight excluding hydrogens is 334 g/mol. The molecule has 9 heteroatoms. The van der Waals surface area contributed by atoms with E-state index in [9.17, 15) is 22.0 Å². The van der Waals surface area contributed by atoms with E-state index in [2.05, 4.69) is 21.2 Å². The van der Waals surface area contributed by atoms with Crippen LogP contribution in [0.2, 0.25) is 0 Å². The lowest BCUT2D eigenvalue weighted by atomic mass is 10.3. The molecular formula is C9H7BrF2N2O3S. The van der Waals surface area contributed by atoms with Crippen molar-refractivity contribution >= 4 is 32.0 Å². The van der Waals surface area contributed by atoms with Gasteiger partial charge in [-0.1, -0.05) is 0 Å². The molecule has 2 amide bonds. The molecule has 1 aliphatic heterocycles. The minimum Gasteiger partial charge on any atom is -0.335 e. The highest BCUT2D eigenvalue weighted by atomic mass is 79.9. The van der Waals surface area contributed by atoms with Crippen molar-refractivity contribution in [1.29, 1.82) is 0 Å². The van der Waals surface area contributed by atoms with Crippen LogP contribution in [0.3, 0.4) is 0 Å². The van der Waals surface area contributed by atoms with Gasteiger partial charge in [0, 0.05) is 17.1 Å². The van der Waals surface area contributed by atoms with E-state index in [0.29, 0.717) is 10.4 Å². The van der Waals surface area contributed by atoms with Crippen molar-refractivity contribution in [3.63, 3.8) is 0 Å². The first-order valence-corrected chi connectivity index (χ1v) is 7.02. The molecule has 1 saturated heterocycles. The Kier molecular flexibility index (Phi) is 3.28. The highest BCUT2D eigenvalue weighted by Gasteiger charge is 2.36. The summed E-state index contributed by atoms with van der Waals surface area (Å²) in [6, 6.07) is 0.445. The first kappa shape index (κ1) is 13.2. The SMILES string of the molecule is O=C1NCCN1S(=O)(=O)c1c(F)cc(F)cc1Br. The third kappa shape index (κ3) is 2.07. The van der Waals surface area contributed by atoms with Gasteiger partial charge in [-0.15, -0.1) is 0 Å². The number of rotatable bonds is 2. The highest BCUT2D eigenvalue weighted by molar-refractivity contribution is 9.10. The summed E-state index contributed by atoms with van der Waals surface area (Å²) in [6.45, 7) is 0.0585. The summed E-state index contributed by atoms with van der Waals surface area (Å²) in [7, 11) is -4.33. The van der Waals surface area contributed by atoms with Crippen LogP contribution < -0.4 is 5.32 Å². The second-order valence-corrected chi connectivity index (χ2v) is 6.16. The van der Waals surface area contributed by atoms with Crippen LogP contribution in [0, 0.1) is 11.6 Å². The Bertz CT molecular complexity index is 597. The maximum absolute atomic E-state index is 13.6. The van der Waals surface area contributed by atoms with Gasteiger partial charge in [0.25, 0.3) is 10.0 Å². The van der Waals surface area contributed by atoms with Crippen LogP contribution in [0.1, 0.15) is 0 Å². The predicted molar refractivity (Wildman–Crippen MR) is 61.3 cm³/mol. The molecule has 1 heterocycles. The number of sulfonamides is 1. The molecule has 98 valence electrons. The smallest absolute Gasteiger partial charge is 0.331 e. The number of carbonyl (C=O) groups excluding carboxylic acids is 1. The summed E-state index contributed by atoms with van der Waals surface area (Å²) in [5.41, 5.74) is 0. The number of carbonyl (C=O) groups is 1. The molecule has 0 spiro atoms. The Balaban J connectivity index is 2.58. The standard InChI is InChI=1S/C9H7BrF2N2O3S/c10-6-3-5(11)4-7(12)8(6)18(16,17)14-2-1-13-9(14)15/h3-4H,1-2H2,(H,13,15). The van der Waals surface area contributed by atoms with Crippen LogP contribution in [-0.4, -0.2) is 31.8 Å². The summed E-state index contributed by atoms with van der Waals surface area (Å²) in [6.07, 6.45) is 0. The van der Waals surface area contributed by atoms with Gasteiger partial charge in [-0.25, -0.2) is 26.3 Å². The number of halogens is 3. The monoisotopic (exact) mass is 340 g/mol. The topological polar surface area (TPSA) is 66.5 Å². The highest BCUT2D eigenvalue weighted by Crippen LogP contribution is 2.29. The Morgan fingerprint density at radius 2 is 2.00 bits per heavy atom. The average Bonchev–Trinajstić information content (AvgIpc) is 2.62. The Hall–Kier alpha value is -1.22. The number of benzene rings is 1. The van der Waals surface area contributed by atoms with Crippen molar-refractivity contribution in [3.8, 4) is 0 Å². The van der Waals surface area contributed by atoms with Gasteiger partial charge in [0.05, 0.1) is 6.54 Å². The van der Waals surface area contributed by atoms with Crippen molar-refractivity contribution in [2.24, 2.45) is 0 Å². The molecule has 0 bridgehead atoms. The number of hydrogen-bond donors (Lipinski definition) is 1. The first-order chi connectivity index (χ1) is 8.34. The fourth-order valence-corrected chi connectivity index (χ4v) is 4.04. The number of nitrogens with zero attached hydrogens (tertiary/aromatic N) is 1. The van der Waals surface area contributed by atoms with Crippen molar-refractivity contribution in [2.45, 2.75) is 4.90 Å². The number of nitrogens with one attached hydrogen (secondary N) is 1. The van der Waals surface area contributed by atoms with Crippen LogP contribution in [0.25, 0.3) is 0 Å². The van der Waals surface area contributed by atoms with E-state index < -0.39 is 32.6 Å². The number of amides is 2. The molecule has 0 unspecified atom stereocenters. The van der Waals surface area contributed by atoms with E-state index in [4.69, 9.17) is 0 Å². The third-order valence-corrected chi connectivity index (χ3v) is 5.08. The molecule has 0 saturated carbocycles. The normalized spacial score (nSPS) is 15.9. The first-order valence-electron chi connectivity index (χ1n) is 4.79. The van der Waals surface area contributed by atoms with Gasteiger partial charge >= 0.3 is 6.03 Å². The second kappa shape index (κ2) is 4.47. The van der Waals surface area contributed by atoms with Crippen LogP contribution >= 0.6 is 15.9 Å². The summed E-state index contributed by atoms with van der Waals surface area (Å²) in [4.78, 5) is 10.6. The van der Waals surface area contributed by atoms with Crippen LogP contribution in [0.5, 0.6) is 0 Å². The molecule has 0 radical (unpaired) electrons. The lowest BCUT2D eigenvalue weighted by Crippen LogP contribution is -2.35. The third-order valence-electron chi connectivity index (χ3n) is 2.33. The van der Waals surface area contributed by atoms with Crippen molar-refractivity contribution in [1.82, 2.24) is 9.62 Å². The predicted octanol–water partition coefficient (Wildman–Crippen LogP) is 1.44. The molecule has 1 fully saturated rings. The average molecular weight is 341 g/mol. The summed E-state index contributed by atoms with van der Waals surface area (Å²) >= 11 is 2.78. The number of urea groups is 1. The van der Waals surface area contributed by atoms with Gasteiger partial charge in [-0.05, 0) is 22.0 Å². The van der Waals surface area contributed by atoms with Gasteiger partial charge in [0.2, 0.25) is 0 Å². The Morgan fingerprint density at radius 3 is 2.50 bits per heavy atom. The van der Waals surface area contributed by atoms with Gasteiger partial charge in [-0.3, -0.25) is 0 Å². The fourth-order valence-electron chi connectivity index (χ4n) is 1.57. The Morgan fingerprint density at radius 1 is 1.33 bits per heavy atom. The Labute approximate surface area is 110 Å². The van der Waals surface area contributed by atoms with Crippen LogP contribution in [0.15, 0.2) is 21.5 Å². The summed E-state index contributed by atoms with van der Waals surface area (Å²) in [5, 5.41) is 2.29. The van der Waals surface area contributed by atoms with E-state index in [1.54, 1.807) is 0 Å². The molecule has 0 aliphatic carbocycles. The van der Waals surface area contributed by atoms with Crippen molar-refractivity contribution in [3.05, 3.63) is 28.2 Å². The zero-order valence-electron chi connectivity index (χ0n) is 8.78. The maximum Gasteiger partial charge on any atom is 0.331 e. The van der Waals surface area contributed by atoms with E-state index >= 15 is 0 Å². The van der Waals surface area contributed by atoms with Crippen molar-refractivity contribution < 1.29 is 22.0 Å². The zero-order valence-corrected chi connectivity index (χ0v) is 11.2. The van der Waals surface area contributed by atoms with E-state index in [1.807, 2.05) is 0 Å². The van der Waals surface area contributed by atoms with Gasteiger partial charge in [-0.2, -0.15) is 0 Å². The van der Waals surface area contributed by atoms with Crippen LogP contribution in [-0.2, 0) is 10.0 Å². The van der Waals surface area contributed by atoms with Crippen molar-refractivity contribution in [2.75, 3.05) is 13.1 Å². The molecule has 0 atom stereocenters. The lowest BCUT2D eigenvalue weighted by Gasteiger charge is -2.16. The van der Waals surface area contributed by atoms with Gasteiger partial charge in [0.1, 0.15) is 16.5 Å². The quantitative estimate of drug-likeness (QED) is 0.885. The number of hydrogen-bond acceptors (Lipinski definition) is 3. The van der Waals surface area contributed by atoms with E-state index in [0.717, 1.165) is 6.07 Å². The summed E-state index contributed by atoms with van der Waals surface area (Å²) in [5.74, 6) is -2.16. The fraction of sp³-hybridized carbons (Fsp3) is 0.222. The molecule has 5 nitrogen and oxygen atoms in total. The molecule has 18 heavy (non-hydrogen) atoms. The van der Waals surface area contributed by atoms with E-state index in [1.165, 1.54) is 0 Å². The largest absolute Gasteiger partial charge is 0.335 e. The lowest BCUT2D eigenvalue weighted by molar-refractivity contribution is 0.235.